The predicted molar refractivity (Wildman–Crippen MR) is 99.3 cm³/mol. The maximum Gasteiger partial charge on any atom is 0.225 e. The van der Waals surface area contributed by atoms with Gasteiger partial charge < -0.3 is 15.0 Å². The molecule has 0 aliphatic carbocycles. The molecule has 1 aromatic heterocycles. The molecule has 1 unspecified atom stereocenters. The van der Waals surface area contributed by atoms with E-state index in [1.165, 1.54) is 5.56 Å². The van der Waals surface area contributed by atoms with Crippen molar-refractivity contribution in [1.29, 1.82) is 0 Å². The SMILES string of the molecule is Clc1ccc2c(c1)OCCCC2NC1CCN(c2ncccn2)CC1. The number of hydrogen-bond donors (Lipinski definition) is 1. The molecule has 25 heavy (non-hydrogen) atoms. The van der Waals surface area contributed by atoms with Crippen LogP contribution in [0.25, 0.3) is 0 Å². The monoisotopic (exact) mass is 358 g/mol. The van der Waals surface area contributed by atoms with Gasteiger partial charge in [-0.25, -0.2) is 9.97 Å². The van der Waals surface area contributed by atoms with Crippen molar-refractivity contribution in [3.63, 3.8) is 0 Å². The molecule has 0 amide bonds. The fourth-order valence-electron chi connectivity index (χ4n) is 3.70. The number of halogens is 1. The lowest BCUT2D eigenvalue weighted by Gasteiger charge is -2.34. The second-order valence-corrected chi connectivity index (χ2v) is 7.14. The summed E-state index contributed by atoms with van der Waals surface area (Å²) in [6.07, 6.45) is 7.95. The van der Waals surface area contributed by atoms with Crippen LogP contribution in [0.4, 0.5) is 5.95 Å². The second kappa shape index (κ2) is 7.58. The second-order valence-electron chi connectivity index (χ2n) is 6.70. The number of rotatable bonds is 3. The number of ether oxygens (including phenoxy) is 1. The summed E-state index contributed by atoms with van der Waals surface area (Å²) < 4.78 is 5.87. The van der Waals surface area contributed by atoms with Crippen LogP contribution >= 0.6 is 11.6 Å². The third kappa shape index (κ3) is 3.88. The fraction of sp³-hybridized carbons (Fsp3) is 0.474. The van der Waals surface area contributed by atoms with Crippen molar-refractivity contribution < 1.29 is 4.74 Å². The van der Waals surface area contributed by atoms with E-state index in [9.17, 15) is 0 Å². The number of hydrogen-bond acceptors (Lipinski definition) is 5. The van der Waals surface area contributed by atoms with Crippen molar-refractivity contribution >= 4 is 17.5 Å². The van der Waals surface area contributed by atoms with Gasteiger partial charge in [-0.2, -0.15) is 0 Å². The number of aromatic nitrogens is 2. The van der Waals surface area contributed by atoms with Gasteiger partial charge in [0, 0.05) is 48.2 Å². The van der Waals surface area contributed by atoms with Gasteiger partial charge in [-0.15, -0.1) is 0 Å². The number of fused-ring (bicyclic) bond motifs is 1. The molecule has 1 atom stereocenters. The van der Waals surface area contributed by atoms with Crippen molar-refractivity contribution in [2.24, 2.45) is 0 Å². The highest BCUT2D eigenvalue weighted by molar-refractivity contribution is 6.30. The van der Waals surface area contributed by atoms with Gasteiger partial charge >= 0.3 is 0 Å². The van der Waals surface area contributed by atoms with Gasteiger partial charge in [0.25, 0.3) is 0 Å². The van der Waals surface area contributed by atoms with E-state index in [-0.39, 0.29) is 0 Å². The first-order chi connectivity index (χ1) is 12.3. The average Bonchev–Trinajstić information content (AvgIpc) is 2.85. The summed E-state index contributed by atoms with van der Waals surface area (Å²) in [5.74, 6) is 1.77. The molecule has 3 heterocycles. The van der Waals surface area contributed by atoms with Crippen LogP contribution in [0.15, 0.2) is 36.7 Å². The normalized spacial score (nSPS) is 21.3. The topological polar surface area (TPSA) is 50.3 Å². The molecule has 1 N–H and O–H groups in total. The first-order valence-corrected chi connectivity index (χ1v) is 9.37. The number of anilines is 1. The summed E-state index contributed by atoms with van der Waals surface area (Å²) >= 11 is 6.13. The molecule has 2 aliphatic rings. The Hall–Kier alpha value is -1.85. The lowest BCUT2D eigenvalue weighted by atomic mass is 9.98. The number of nitrogens with zero attached hydrogens (tertiary/aromatic N) is 3. The van der Waals surface area contributed by atoms with Gasteiger partial charge in [0.1, 0.15) is 5.75 Å². The van der Waals surface area contributed by atoms with Crippen molar-refractivity contribution in [3.05, 3.63) is 47.2 Å². The number of piperidine rings is 1. The van der Waals surface area contributed by atoms with Crippen LogP contribution in [-0.4, -0.2) is 35.7 Å². The molecule has 0 spiro atoms. The van der Waals surface area contributed by atoms with Gasteiger partial charge in [0.15, 0.2) is 0 Å². The van der Waals surface area contributed by atoms with E-state index in [1.807, 2.05) is 18.2 Å². The van der Waals surface area contributed by atoms with Crippen LogP contribution in [0.2, 0.25) is 5.02 Å². The van der Waals surface area contributed by atoms with E-state index in [4.69, 9.17) is 16.3 Å². The summed E-state index contributed by atoms with van der Waals surface area (Å²) in [6, 6.07) is 8.69. The Morgan fingerprint density at radius 1 is 1.12 bits per heavy atom. The van der Waals surface area contributed by atoms with Crippen molar-refractivity contribution in [2.75, 3.05) is 24.6 Å². The number of nitrogens with one attached hydrogen (secondary N) is 1. The minimum atomic E-state index is 0.333. The zero-order chi connectivity index (χ0) is 17.1. The minimum Gasteiger partial charge on any atom is -0.493 e. The van der Waals surface area contributed by atoms with Gasteiger partial charge in [-0.3, -0.25) is 0 Å². The van der Waals surface area contributed by atoms with E-state index >= 15 is 0 Å². The van der Waals surface area contributed by atoms with Crippen LogP contribution in [-0.2, 0) is 0 Å². The molecular formula is C19H23ClN4O. The van der Waals surface area contributed by atoms with Crippen LogP contribution in [0.1, 0.15) is 37.3 Å². The zero-order valence-electron chi connectivity index (χ0n) is 14.2. The van der Waals surface area contributed by atoms with Crippen molar-refractivity contribution in [3.8, 4) is 5.75 Å². The summed E-state index contributed by atoms with van der Waals surface area (Å²) in [7, 11) is 0. The lowest BCUT2D eigenvalue weighted by Crippen LogP contribution is -2.44. The maximum absolute atomic E-state index is 6.13. The quantitative estimate of drug-likeness (QED) is 0.908. The van der Waals surface area contributed by atoms with Crippen molar-refractivity contribution in [2.45, 2.75) is 37.8 Å². The highest BCUT2D eigenvalue weighted by atomic mass is 35.5. The molecule has 4 rings (SSSR count). The lowest BCUT2D eigenvalue weighted by molar-refractivity contribution is 0.312. The Labute approximate surface area is 153 Å². The Morgan fingerprint density at radius 2 is 1.92 bits per heavy atom. The van der Waals surface area contributed by atoms with E-state index in [2.05, 4.69) is 26.3 Å². The van der Waals surface area contributed by atoms with Gasteiger partial charge in [0.2, 0.25) is 5.95 Å². The third-order valence-electron chi connectivity index (χ3n) is 5.01. The summed E-state index contributed by atoms with van der Waals surface area (Å²) in [5, 5.41) is 4.59. The molecule has 2 aliphatic heterocycles. The fourth-order valence-corrected chi connectivity index (χ4v) is 3.87. The predicted octanol–water partition coefficient (Wildman–Crippen LogP) is 3.60. The Balaban J connectivity index is 1.40. The molecule has 0 bridgehead atoms. The van der Waals surface area contributed by atoms with Crippen molar-refractivity contribution in [1.82, 2.24) is 15.3 Å². The Bertz CT molecular complexity index is 704. The summed E-state index contributed by atoms with van der Waals surface area (Å²) in [4.78, 5) is 11.0. The third-order valence-corrected chi connectivity index (χ3v) is 5.25. The van der Waals surface area contributed by atoms with Crippen LogP contribution in [0, 0.1) is 0 Å². The van der Waals surface area contributed by atoms with E-state index in [0.29, 0.717) is 12.1 Å². The number of benzene rings is 1. The molecule has 2 aromatic rings. The van der Waals surface area contributed by atoms with Crippen LogP contribution < -0.4 is 15.0 Å². The Morgan fingerprint density at radius 3 is 2.72 bits per heavy atom. The molecular weight excluding hydrogens is 336 g/mol. The van der Waals surface area contributed by atoms with Gasteiger partial charge in [0.05, 0.1) is 6.61 Å². The van der Waals surface area contributed by atoms with E-state index in [0.717, 1.165) is 62.1 Å². The highest BCUT2D eigenvalue weighted by Gasteiger charge is 2.26. The summed E-state index contributed by atoms with van der Waals surface area (Å²) in [5.41, 5.74) is 1.23. The van der Waals surface area contributed by atoms with E-state index < -0.39 is 0 Å². The molecule has 0 saturated carbocycles. The van der Waals surface area contributed by atoms with Crippen LogP contribution in [0.3, 0.4) is 0 Å². The molecule has 6 heteroatoms. The van der Waals surface area contributed by atoms with Gasteiger partial charge in [-0.1, -0.05) is 17.7 Å². The Kier molecular flexibility index (Phi) is 5.04. The first kappa shape index (κ1) is 16.6. The summed E-state index contributed by atoms with van der Waals surface area (Å²) in [6.45, 7) is 2.73. The van der Waals surface area contributed by atoms with Crippen LogP contribution in [0.5, 0.6) is 5.75 Å². The molecule has 5 nitrogen and oxygen atoms in total. The van der Waals surface area contributed by atoms with Gasteiger partial charge in [-0.05, 0) is 43.9 Å². The standard InChI is InChI=1S/C19H23ClN4O/c20-14-4-5-16-17(3-1-12-25-18(16)13-14)23-15-6-10-24(11-7-15)19-21-8-2-9-22-19/h2,4-5,8-9,13,15,17,23H,1,3,6-7,10-12H2. The molecule has 1 fully saturated rings. The largest absolute Gasteiger partial charge is 0.493 e. The molecule has 1 saturated heterocycles. The first-order valence-electron chi connectivity index (χ1n) is 9.00. The highest BCUT2D eigenvalue weighted by Crippen LogP contribution is 2.34. The van der Waals surface area contributed by atoms with E-state index in [1.54, 1.807) is 12.4 Å². The zero-order valence-corrected chi connectivity index (χ0v) is 15.0. The smallest absolute Gasteiger partial charge is 0.225 e. The molecule has 132 valence electrons. The maximum atomic E-state index is 6.13. The molecule has 1 aromatic carbocycles. The minimum absolute atomic E-state index is 0.333. The average molecular weight is 359 g/mol. The molecule has 0 radical (unpaired) electrons.